The summed E-state index contributed by atoms with van der Waals surface area (Å²) in [5.41, 5.74) is 0.985. The second-order valence-electron chi connectivity index (χ2n) is 7.62. The normalized spacial score (nSPS) is 18.6. The van der Waals surface area contributed by atoms with Gasteiger partial charge in [-0.25, -0.2) is 9.37 Å². The van der Waals surface area contributed by atoms with Crippen molar-refractivity contribution in [3.05, 3.63) is 41.5 Å². The number of anilines is 1. The van der Waals surface area contributed by atoms with Crippen molar-refractivity contribution < 1.29 is 9.18 Å². The first-order valence-electron chi connectivity index (χ1n) is 9.54. The van der Waals surface area contributed by atoms with Crippen LogP contribution in [0.2, 0.25) is 0 Å². The second kappa shape index (κ2) is 8.78. The predicted octanol–water partition coefficient (Wildman–Crippen LogP) is 3.65. The van der Waals surface area contributed by atoms with E-state index < -0.39 is 0 Å². The number of halogens is 1. The van der Waals surface area contributed by atoms with E-state index in [1.54, 1.807) is 12.1 Å². The van der Waals surface area contributed by atoms with Gasteiger partial charge in [0, 0.05) is 37.1 Å². The van der Waals surface area contributed by atoms with Gasteiger partial charge in [-0.1, -0.05) is 26.0 Å². The molecule has 2 aromatic rings. The van der Waals surface area contributed by atoms with Crippen LogP contribution in [0, 0.1) is 17.7 Å². The average Bonchev–Trinajstić information content (AvgIpc) is 3.12. The summed E-state index contributed by atoms with van der Waals surface area (Å²) in [6.07, 6.45) is 2.47. The van der Waals surface area contributed by atoms with E-state index in [1.807, 2.05) is 0 Å². The lowest BCUT2D eigenvalue weighted by Crippen LogP contribution is -2.46. The monoisotopic (exact) mass is 390 g/mol. The number of nitrogens with zero attached hydrogens (tertiary/aromatic N) is 3. The fourth-order valence-corrected chi connectivity index (χ4v) is 3.82. The quantitative estimate of drug-likeness (QED) is 0.818. The largest absolute Gasteiger partial charge is 0.353 e. The summed E-state index contributed by atoms with van der Waals surface area (Å²) in [6, 6.07) is 6.60. The molecule has 0 unspecified atom stereocenters. The van der Waals surface area contributed by atoms with Gasteiger partial charge in [0.05, 0.1) is 5.92 Å². The lowest BCUT2D eigenvalue weighted by atomic mass is 9.96. The van der Waals surface area contributed by atoms with Gasteiger partial charge >= 0.3 is 0 Å². The Kier molecular flexibility index (Phi) is 6.42. The van der Waals surface area contributed by atoms with Crippen LogP contribution in [-0.4, -0.2) is 34.4 Å². The molecule has 1 N–H and O–H groups in total. The van der Waals surface area contributed by atoms with Gasteiger partial charge in [0.15, 0.2) is 0 Å². The third-order valence-electron chi connectivity index (χ3n) is 5.17. The maximum Gasteiger partial charge on any atom is 0.225 e. The van der Waals surface area contributed by atoms with Crippen LogP contribution in [0.1, 0.15) is 45.0 Å². The van der Waals surface area contributed by atoms with Crippen LogP contribution in [-0.2, 0) is 11.2 Å². The van der Waals surface area contributed by atoms with E-state index in [2.05, 4.69) is 40.3 Å². The summed E-state index contributed by atoms with van der Waals surface area (Å²) in [4.78, 5) is 19.4. The lowest BCUT2D eigenvalue weighted by molar-refractivity contribution is -0.126. The lowest BCUT2D eigenvalue weighted by Gasteiger charge is -2.32. The van der Waals surface area contributed by atoms with Gasteiger partial charge in [0.25, 0.3) is 0 Å². The van der Waals surface area contributed by atoms with Crippen LogP contribution < -0.4 is 10.2 Å². The minimum atomic E-state index is -0.241. The molecule has 1 aromatic carbocycles. The Morgan fingerprint density at radius 2 is 2.07 bits per heavy atom. The molecular weight excluding hydrogens is 363 g/mol. The fraction of sp³-hybridized carbons (Fsp3) is 0.550. The highest BCUT2D eigenvalue weighted by Gasteiger charge is 2.28. The molecule has 146 valence electrons. The number of hydrogen-bond donors (Lipinski definition) is 1. The summed E-state index contributed by atoms with van der Waals surface area (Å²) < 4.78 is 17.5. The highest BCUT2D eigenvalue weighted by atomic mass is 32.1. The molecule has 2 heterocycles. The molecule has 0 bridgehead atoms. The molecule has 7 heteroatoms. The Bertz CT molecular complexity index is 762. The SMILES string of the molecule is CC(C)[C@@H](C)NC(=O)[C@H]1CCCN(c2nc(Cc3ccc(F)cc3)ns2)C1. The smallest absolute Gasteiger partial charge is 0.225 e. The van der Waals surface area contributed by atoms with Gasteiger partial charge in [0.2, 0.25) is 11.0 Å². The fourth-order valence-electron chi connectivity index (χ4n) is 3.10. The molecule has 0 spiro atoms. The van der Waals surface area contributed by atoms with Gasteiger partial charge in [-0.15, -0.1) is 0 Å². The first kappa shape index (κ1) is 19.7. The zero-order valence-electron chi connectivity index (χ0n) is 16.1. The molecule has 1 fully saturated rings. The zero-order chi connectivity index (χ0) is 19.4. The summed E-state index contributed by atoms with van der Waals surface area (Å²) in [7, 11) is 0. The molecule has 3 rings (SSSR count). The van der Waals surface area contributed by atoms with Crippen LogP contribution >= 0.6 is 11.5 Å². The van der Waals surface area contributed by atoms with Gasteiger partial charge in [-0.05, 0) is 43.4 Å². The van der Waals surface area contributed by atoms with Crippen LogP contribution in [0.5, 0.6) is 0 Å². The number of rotatable bonds is 6. The van der Waals surface area contributed by atoms with Crippen molar-refractivity contribution in [1.82, 2.24) is 14.7 Å². The van der Waals surface area contributed by atoms with Gasteiger partial charge in [-0.2, -0.15) is 4.37 Å². The molecule has 27 heavy (non-hydrogen) atoms. The predicted molar refractivity (Wildman–Crippen MR) is 106 cm³/mol. The molecule has 2 atom stereocenters. The summed E-state index contributed by atoms with van der Waals surface area (Å²) in [6.45, 7) is 7.86. The summed E-state index contributed by atoms with van der Waals surface area (Å²) in [5, 5.41) is 4.00. The Morgan fingerprint density at radius 3 is 2.78 bits per heavy atom. The number of hydrogen-bond acceptors (Lipinski definition) is 5. The summed E-state index contributed by atoms with van der Waals surface area (Å²) >= 11 is 1.37. The van der Waals surface area contributed by atoms with Crippen molar-refractivity contribution >= 4 is 22.6 Å². The van der Waals surface area contributed by atoms with E-state index in [-0.39, 0.29) is 23.7 Å². The third kappa shape index (κ3) is 5.25. The highest BCUT2D eigenvalue weighted by Crippen LogP contribution is 2.25. The molecule has 1 saturated heterocycles. The number of nitrogens with one attached hydrogen (secondary N) is 1. The van der Waals surface area contributed by atoms with Crippen LogP contribution in [0.4, 0.5) is 9.52 Å². The second-order valence-corrected chi connectivity index (χ2v) is 8.35. The maximum atomic E-state index is 13.0. The number of amides is 1. The average molecular weight is 391 g/mol. The van der Waals surface area contributed by atoms with Gasteiger partial charge < -0.3 is 10.2 Å². The van der Waals surface area contributed by atoms with Crippen LogP contribution in [0.3, 0.4) is 0 Å². The highest BCUT2D eigenvalue weighted by molar-refractivity contribution is 7.09. The van der Waals surface area contributed by atoms with Gasteiger partial charge in [-0.3, -0.25) is 4.79 Å². The standard InChI is InChI=1S/C20H27FN4OS/c1-13(2)14(3)22-19(26)16-5-4-10-25(12-16)20-23-18(24-27-20)11-15-6-8-17(21)9-7-15/h6-9,13-14,16H,4-5,10-12H2,1-3H3,(H,22,26)/t14-,16+/m1/s1. The first-order chi connectivity index (χ1) is 12.9. The molecule has 0 aliphatic carbocycles. The van der Waals surface area contributed by atoms with E-state index in [4.69, 9.17) is 0 Å². The third-order valence-corrected chi connectivity index (χ3v) is 5.98. The number of piperidine rings is 1. The Hall–Kier alpha value is -2.02. The topological polar surface area (TPSA) is 58.1 Å². The number of carbonyl (C=O) groups excluding carboxylic acids is 1. The molecule has 1 aliphatic heterocycles. The van der Waals surface area contributed by atoms with E-state index in [0.29, 0.717) is 18.9 Å². The minimum Gasteiger partial charge on any atom is -0.353 e. The summed E-state index contributed by atoms with van der Waals surface area (Å²) in [5.74, 6) is 1.05. The molecule has 0 radical (unpaired) electrons. The van der Waals surface area contributed by atoms with Crippen molar-refractivity contribution in [2.45, 2.75) is 46.1 Å². The number of benzene rings is 1. The van der Waals surface area contributed by atoms with Crippen molar-refractivity contribution in [2.24, 2.45) is 11.8 Å². The molecule has 5 nitrogen and oxygen atoms in total. The number of aromatic nitrogens is 2. The van der Waals surface area contributed by atoms with E-state index in [0.717, 1.165) is 35.9 Å². The van der Waals surface area contributed by atoms with E-state index in [1.165, 1.54) is 23.7 Å². The Balaban J connectivity index is 1.60. The zero-order valence-corrected chi connectivity index (χ0v) is 16.9. The molecule has 1 amide bonds. The maximum absolute atomic E-state index is 13.0. The van der Waals surface area contributed by atoms with Crippen molar-refractivity contribution in [2.75, 3.05) is 18.0 Å². The first-order valence-corrected chi connectivity index (χ1v) is 10.3. The Morgan fingerprint density at radius 1 is 1.33 bits per heavy atom. The molecule has 1 aliphatic rings. The van der Waals surface area contributed by atoms with Crippen molar-refractivity contribution in [1.29, 1.82) is 0 Å². The van der Waals surface area contributed by atoms with E-state index >= 15 is 0 Å². The van der Waals surface area contributed by atoms with Crippen molar-refractivity contribution in [3.8, 4) is 0 Å². The molecule has 0 saturated carbocycles. The van der Waals surface area contributed by atoms with Crippen LogP contribution in [0.15, 0.2) is 24.3 Å². The Labute approximate surface area is 164 Å². The molecular formula is C20H27FN4OS. The van der Waals surface area contributed by atoms with E-state index in [9.17, 15) is 9.18 Å². The van der Waals surface area contributed by atoms with Crippen LogP contribution in [0.25, 0.3) is 0 Å². The number of carbonyl (C=O) groups is 1. The van der Waals surface area contributed by atoms with Crippen molar-refractivity contribution in [3.63, 3.8) is 0 Å². The minimum absolute atomic E-state index is 0.00982. The molecule has 1 aromatic heterocycles. The van der Waals surface area contributed by atoms with Gasteiger partial charge in [0.1, 0.15) is 11.6 Å².